The molecule has 2 aliphatic rings. The van der Waals surface area contributed by atoms with Crippen LogP contribution < -0.4 is 16.4 Å². The summed E-state index contributed by atoms with van der Waals surface area (Å²) in [5, 5.41) is 36.3. The average Bonchev–Trinajstić information content (AvgIpc) is 1.56. The molecule has 0 saturated heterocycles. The second-order valence-electron chi connectivity index (χ2n) is 25.6. The Bertz CT molecular complexity index is 6850. The Kier molecular flexibility index (Phi) is 8.19. The van der Waals surface area contributed by atoms with E-state index >= 15 is 0 Å². The number of aromatic nitrogens is 2. The molecule has 0 fully saturated rings. The highest BCUT2D eigenvalue weighted by atomic mass is 15.0. The summed E-state index contributed by atoms with van der Waals surface area (Å²) < 4.78 is 5.36. The SMILES string of the molecule is c1cc2c3c(c1)-n1c4ccc5c6ccccc6c6ccccc6c5c4c4c5c6ccccc6c6ccccc6c5cc(c41)B3c1cc(-c3ccc4ccc5cccc6ccc3c4c56)cc3c4cc(-c5ccc6ccc7cccc8ccc5c6c78)ccc4n-2c13. The van der Waals surface area contributed by atoms with E-state index in [1.807, 2.05) is 0 Å². The lowest BCUT2D eigenvalue weighted by atomic mass is 9.34. The molecule has 0 bridgehead atoms. The maximum Gasteiger partial charge on any atom is 0.252 e. The zero-order valence-corrected chi connectivity index (χ0v) is 48.0. The summed E-state index contributed by atoms with van der Waals surface area (Å²) >= 11 is 0. The fourth-order valence-corrected chi connectivity index (χ4v) is 18.2. The molecule has 0 amide bonds. The molecule has 3 heteroatoms. The van der Waals surface area contributed by atoms with Crippen molar-refractivity contribution >= 4 is 196 Å². The molecule has 2 aromatic heterocycles. The molecular formula is C86H45BN2. The van der Waals surface area contributed by atoms with E-state index in [0.717, 1.165) is 0 Å². The summed E-state index contributed by atoms with van der Waals surface area (Å²) in [5.41, 5.74) is 16.5. The van der Waals surface area contributed by atoms with Gasteiger partial charge in [-0.05, 0) is 194 Å². The van der Waals surface area contributed by atoms with Gasteiger partial charge in [0.1, 0.15) is 0 Å². The van der Waals surface area contributed by atoms with Crippen molar-refractivity contribution in [3.05, 3.63) is 273 Å². The molecule has 0 N–H and O–H groups in total. The van der Waals surface area contributed by atoms with Gasteiger partial charge in [0.15, 0.2) is 0 Å². The number of hydrogen-bond acceptors (Lipinski definition) is 0. The van der Waals surface area contributed by atoms with Gasteiger partial charge in [0, 0.05) is 49.2 Å². The Morgan fingerprint density at radius 2 is 0.629 bits per heavy atom. The van der Waals surface area contributed by atoms with Gasteiger partial charge in [-0.15, -0.1) is 0 Å². The van der Waals surface area contributed by atoms with Crippen LogP contribution in [0.25, 0.3) is 207 Å². The Balaban J connectivity index is 0.906. The molecule has 23 rings (SSSR count). The fourth-order valence-electron chi connectivity index (χ4n) is 18.2. The molecule has 0 saturated carbocycles. The zero-order valence-electron chi connectivity index (χ0n) is 48.0. The molecule has 0 unspecified atom stereocenters. The second-order valence-corrected chi connectivity index (χ2v) is 25.6. The first-order chi connectivity index (χ1) is 44.2. The zero-order chi connectivity index (χ0) is 57.2. The number of benzene rings is 19. The number of rotatable bonds is 2. The number of hydrogen-bond donors (Lipinski definition) is 0. The van der Waals surface area contributed by atoms with Gasteiger partial charge in [-0.3, -0.25) is 0 Å². The van der Waals surface area contributed by atoms with Crippen LogP contribution in [-0.4, -0.2) is 15.8 Å². The van der Waals surface area contributed by atoms with Crippen molar-refractivity contribution in [3.8, 4) is 33.6 Å². The average molecular weight is 1120 g/mol. The van der Waals surface area contributed by atoms with Crippen molar-refractivity contribution in [2.45, 2.75) is 0 Å². The first kappa shape index (κ1) is 45.8. The number of fused-ring (bicyclic) bond motifs is 24. The van der Waals surface area contributed by atoms with Crippen molar-refractivity contribution in [1.82, 2.24) is 9.13 Å². The van der Waals surface area contributed by atoms with E-state index < -0.39 is 0 Å². The van der Waals surface area contributed by atoms with E-state index in [4.69, 9.17) is 0 Å². The highest BCUT2D eigenvalue weighted by molar-refractivity contribution is 7.00. The summed E-state index contributed by atoms with van der Waals surface area (Å²) in [4.78, 5) is 0. The van der Waals surface area contributed by atoms with Crippen LogP contribution in [0.2, 0.25) is 0 Å². The fraction of sp³-hybridized carbons (Fsp3) is 0. The van der Waals surface area contributed by atoms with Gasteiger partial charge in [0.05, 0.1) is 16.6 Å². The van der Waals surface area contributed by atoms with E-state index in [1.165, 1.54) is 223 Å². The van der Waals surface area contributed by atoms with E-state index in [1.54, 1.807) is 0 Å². The maximum atomic E-state index is 2.70. The Morgan fingerprint density at radius 1 is 0.213 bits per heavy atom. The minimum atomic E-state index is -0.116. The molecule has 2 aliphatic heterocycles. The summed E-state index contributed by atoms with van der Waals surface area (Å²) in [5.74, 6) is 0. The van der Waals surface area contributed by atoms with E-state index in [0.29, 0.717) is 0 Å². The van der Waals surface area contributed by atoms with Crippen LogP contribution in [0.15, 0.2) is 273 Å². The van der Waals surface area contributed by atoms with Crippen LogP contribution in [0.3, 0.4) is 0 Å². The Hall–Kier alpha value is -11.5. The molecule has 2 nitrogen and oxygen atoms in total. The molecule has 19 aromatic carbocycles. The molecule has 0 aliphatic carbocycles. The lowest BCUT2D eigenvalue weighted by molar-refractivity contribution is 1.14. The first-order valence-corrected chi connectivity index (χ1v) is 31.3. The summed E-state index contributed by atoms with van der Waals surface area (Å²) in [7, 11) is 0. The van der Waals surface area contributed by atoms with Crippen molar-refractivity contribution in [2.24, 2.45) is 0 Å². The molecule has 89 heavy (non-hydrogen) atoms. The molecule has 402 valence electrons. The summed E-state index contributed by atoms with van der Waals surface area (Å²) in [6, 6.07) is 106. The van der Waals surface area contributed by atoms with Gasteiger partial charge in [-0.1, -0.05) is 237 Å². The molecule has 0 atom stereocenters. The highest BCUT2D eigenvalue weighted by Gasteiger charge is 2.42. The minimum absolute atomic E-state index is 0.116. The maximum absolute atomic E-state index is 2.70. The van der Waals surface area contributed by atoms with Crippen molar-refractivity contribution in [3.63, 3.8) is 0 Å². The molecule has 21 aromatic rings. The van der Waals surface area contributed by atoms with Crippen molar-refractivity contribution < 1.29 is 0 Å². The van der Waals surface area contributed by atoms with Crippen LogP contribution in [0.5, 0.6) is 0 Å². The van der Waals surface area contributed by atoms with Gasteiger partial charge in [0.2, 0.25) is 0 Å². The van der Waals surface area contributed by atoms with Crippen LogP contribution in [-0.2, 0) is 0 Å². The topological polar surface area (TPSA) is 9.86 Å². The lowest BCUT2D eigenvalue weighted by Crippen LogP contribution is -2.59. The Labute approximate surface area is 508 Å². The van der Waals surface area contributed by atoms with E-state index in [9.17, 15) is 0 Å². The van der Waals surface area contributed by atoms with Gasteiger partial charge in [-0.25, -0.2) is 0 Å². The van der Waals surface area contributed by atoms with Crippen LogP contribution in [0, 0.1) is 0 Å². The van der Waals surface area contributed by atoms with E-state index in [-0.39, 0.29) is 6.71 Å². The predicted molar refractivity (Wildman–Crippen MR) is 383 cm³/mol. The summed E-state index contributed by atoms with van der Waals surface area (Å²) in [6.07, 6.45) is 0. The third-order valence-corrected chi connectivity index (χ3v) is 21.7. The third kappa shape index (κ3) is 5.47. The molecule has 0 radical (unpaired) electrons. The normalized spacial score (nSPS) is 13.1. The van der Waals surface area contributed by atoms with Crippen LogP contribution >= 0.6 is 0 Å². The first-order valence-electron chi connectivity index (χ1n) is 31.3. The van der Waals surface area contributed by atoms with Crippen molar-refractivity contribution in [1.29, 1.82) is 0 Å². The van der Waals surface area contributed by atoms with Gasteiger partial charge in [0.25, 0.3) is 6.71 Å². The van der Waals surface area contributed by atoms with E-state index in [2.05, 4.69) is 282 Å². The highest BCUT2D eigenvalue weighted by Crippen LogP contribution is 2.51. The smallest absolute Gasteiger partial charge is 0.252 e. The molecule has 0 spiro atoms. The van der Waals surface area contributed by atoms with Gasteiger partial charge in [-0.2, -0.15) is 0 Å². The van der Waals surface area contributed by atoms with Gasteiger partial charge >= 0.3 is 0 Å². The molecule has 4 heterocycles. The monoisotopic (exact) mass is 1120 g/mol. The van der Waals surface area contributed by atoms with Crippen LogP contribution in [0.1, 0.15) is 0 Å². The van der Waals surface area contributed by atoms with Crippen LogP contribution in [0.4, 0.5) is 0 Å². The van der Waals surface area contributed by atoms with Gasteiger partial charge < -0.3 is 9.13 Å². The van der Waals surface area contributed by atoms with Crippen molar-refractivity contribution in [2.75, 3.05) is 0 Å². The minimum Gasteiger partial charge on any atom is -0.310 e. The summed E-state index contributed by atoms with van der Waals surface area (Å²) in [6.45, 7) is -0.116. The number of nitrogens with zero attached hydrogens (tertiary/aromatic N) is 2. The second kappa shape index (κ2) is 15.9. The predicted octanol–water partition coefficient (Wildman–Crippen LogP) is 21.1. The largest absolute Gasteiger partial charge is 0.310 e. The standard InChI is InChI=1S/C86H45BN2/c1-3-20-60-56(16-1)58-18-5-7-22-62(58)80-66(60)39-41-73-82(80)83-81-63-23-8-6-19-59(63)57-17-2-4-21-61(57)68(81)45-71-86(83)89(73)75-25-11-24-74-84(75)87(71)70-44-53(55-36-31-51-29-27-47-13-10-15-49-33-38-65(55)79(51)77(47)49)43-69-67-42-52(34-40-72(67)88(74)85(69)70)54-35-30-50-28-26-46-12-9-14-48-32-37-64(54)78(50)76(46)48/h1-45H. The lowest BCUT2D eigenvalue weighted by Gasteiger charge is -2.34. The quantitative estimate of drug-likeness (QED) is 0.121. The third-order valence-electron chi connectivity index (χ3n) is 21.7. The Morgan fingerprint density at radius 3 is 1.21 bits per heavy atom. The molecular weight excluding hydrogens is 1070 g/mol.